The van der Waals surface area contributed by atoms with E-state index in [9.17, 15) is 14.4 Å². The predicted molar refractivity (Wildman–Crippen MR) is 155 cm³/mol. The maximum Gasteiger partial charge on any atom is 0.407 e. The van der Waals surface area contributed by atoms with Crippen LogP contribution in [0, 0.1) is 5.92 Å². The van der Waals surface area contributed by atoms with Crippen molar-refractivity contribution in [1.29, 1.82) is 0 Å². The van der Waals surface area contributed by atoms with E-state index in [4.69, 9.17) is 9.47 Å². The first-order valence-corrected chi connectivity index (χ1v) is 14.7. The van der Waals surface area contributed by atoms with Gasteiger partial charge >= 0.3 is 12.1 Å². The number of ether oxygens (including phenoxy) is 2. The molecule has 7 heteroatoms. The molecule has 3 rings (SSSR count). The zero-order valence-electron chi connectivity index (χ0n) is 22.4. The third-order valence-electron chi connectivity index (χ3n) is 6.06. The van der Waals surface area contributed by atoms with Gasteiger partial charge in [-0.15, -0.1) is 0 Å². The Kier molecular flexibility index (Phi) is 10.5. The summed E-state index contributed by atoms with van der Waals surface area (Å²) in [5, 5.41) is 5.30. The van der Waals surface area contributed by atoms with Crippen LogP contribution in [0.3, 0.4) is 0 Å². The van der Waals surface area contributed by atoms with Crippen LogP contribution in [0.15, 0.2) is 91.0 Å². The summed E-state index contributed by atoms with van der Waals surface area (Å²) in [5.74, 6) is -1.08. The van der Waals surface area contributed by atoms with Gasteiger partial charge in [0.05, 0.1) is 19.3 Å². The predicted octanol–water partition coefficient (Wildman–Crippen LogP) is 4.45. The molecule has 38 heavy (non-hydrogen) atoms. The average Bonchev–Trinajstić information content (AvgIpc) is 2.92. The van der Waals surface area contributed by atoms with Crippen LogP contribution in [0.2, 0.25) is 0 Å². The van der Waals surface area contributed by atoms with Crippen molar-refractivity contribution in [3.63, 3.8) is 0 Å². The molecule has 6 nitrogen and oxygen atoms in total. The standard InChI is InChI=1S/C31H36NO5P/c1-5-36-30(34)29(28(33)27(22-23(3)4)32-31(35)37-6-2)38(24-16-10-7-11-17-24,25-18-12-8-13-19-25)26-20-14-9-15-21-26/h7-21,23,27H,5-6,22H2,1-4H3,(H,32,35). The van der Waals surface area contributed by atoms with Crippen molar-refractivity contribution in [3.8, 4) is 0 Å². The molecule has 0 radical (unpaired) electrons. The van der Waals surface area contributed by atoms with Gasteiger partial charge in [-0.05, 0) is 49.0 Å². The van der Waals surface area contributed by atoms with Crippen LogP contribution in [0.25, 0.3) is 0 Å². The third kappa shape index (κ3) is 6.43. The summed E-state index contributed by atoms with van der Waals surface area (Å²) in [6.45, 7) is 4.55. The number of nitrogens with one attached hydrogen (secondary N) is 1. The van der Waals surface area contributed by atoms with Crippen LogP contribution >= 0.6 is 6.89 Å². The fourth-order valence-electron chi connectivity index (χ4n) is 4.57. The Morgan fingerprint density at radius 1 is 0.711 bits per heavy atom. The SMILES string of the molecule is CCOC(=O)NC(CC(C)C)C(=O)C(C(=O)OCC)=P(c1ccccc1)(c1ccccc1)c1ccccc1. The van der Waals surface area contributed by atoms with Crippen LogP contribution in [-0.2, 0) is 19.1 Å². The van der Waals surface area contributed by atoms with Gasteiger partial charge in [0.25, 0.3) is 0 Å². The Bertz CT molecular complexity index is 1170. The number of amides is 1. The van der Waals surface area contributed by atoms with Crippen molar-refractivity contribution in [2.45, 2.75) is 40.2 Å². The van der Waals surface area contributed by atoms with Gasteiger partial charge in [0.15, 0.2) is 5.78 Å². The number of esters is 1. The van der Waals surface area contributed by atoms with Crippen molar-refractivity contribution in [3.05, 3.63) is 91.0 Å². The van der Waals surface area contributed by atoms with Gasteiger partial charge in [0.2, 0.25) is 0 Å². The number of hydrogen-bond acceptors (Lipinski definition) is 5. The largest absolute Gasteiger partial charge is 0.462 e. The quantitative estimate of drug-likeness (QED) is 0.224. The number of hydrogen-bond donors (Lipinski definition) is 1. The third-order valence-corrected chi connectivity index (χ3v) is 10.4. The molecule has 3 aromatic carbocycles. The lowest BCUT2D eigenvalue weighted by Crippen LogP contribution is -2.49. The van der Waals surface area contributed by atoms with E-state index in [2.05, 4.69) is 5.32 Å². The molecule has 0 aliphatic carbocycles. The highest BCUT2D eigenvalue weighted by atomic mass is 31.2. The Labute approximate surface area is 225 Å². The summed E-state index contributed by atoms with van der Waals surface area (Å²) in [4.78, 5) is 41.1. The van der Waals surface area contributed by atoms with Gasteiger partial charge in [0.1, 0.15) is 5.29 Å². The van der Waals surface area contributed by atoms with E-state index in [1.165, 1.54) is 0 Å². The molecule has 0 saturated heterocycles. The van der Waals surface area contributed by atoms with Gasteiger partial charge in [0, 0.05) is 0 Å². The van der Waals surface area contributed by atoms with Crippen LogP contribution in [0.1, 0.15) is 34.1 Å². The molecule has 0 aromatic heterocycles. The molecule has 1 amide bonds. The maximum atomic E-state index is 14.6. The molecule has 0 aliphatic rings. The summed E-state index contributed by atoms with van der Waals surface area (Å²) >= 11 is 0. The monoisotopic (exact) mass is 533 g/mol. The summed E-state index contributed by atoms with van der Waals surface area (Å²) in [5.41, 5.74) is 0. The Morgan fingerprint density at radius 2 is 1.13 bits per heavy atom. The fraction of sp³-hybridized carbons (Fsp3) is 0.290. The van der Waals surface area contributed by atoms with Gasteiger partial charge in [-0.1, -0.05) is 105 Å². The number of alkyl carbamates (subject to hydrolysis) is 1. The minimum atomic E-state index is -3.06. The first kappa shape index (κ1) is 28.9. The molecular formula is C31H36NO5P. The number of Topliss-reactive ketones (excluding diaryl/α,β-unsaturated/α-hetero) is 1. The number of carbonyl (C=O) groups is 3. The molecule has 3 aromatic rings. The van der Waals surface area contributed by atoms with Crippen molar-refractivity contribution in [2.75, 3.05) is 13.2 Å². The van der Waals surface area contributed by atoms with Crippen molar-refractivity contribution in [1.82, 2.24) is 5.32 Å². The van der Waals surface area contributed by atoms with E-state index in [0.717, 1.165) is 15.9 Å². The van der Waals surface area contributed by atoms with E-state index < -0.39 is 30.8 Å². The summed E-state index contributed by atoms with van der Waals surface area (Å²) in [6, 6.07) is 27.9. The second-order valence-corrected chi connectivity index (χ2v) is 12.5. The lowest BCUT2D eigenvalue weighted by molar-refractivity contribution is -0.135. The highest BCUT2D eigenvalue weighted by Crippen LogP contribution is 2.47. The van der Waals surface area contributed by atoms with E-state index in [1.807, 2.05) is 105 Å². The van der Waals surface area contributed by atoms with Gasteiger partial charge < -0.3 is 14.8 Å². The fourth-order valence-corrected chi connectivity index (χ4v) is 8.93. The minimum Gasteiger partial charge on any atom is -0.462 e. The van der Waals surface area contributed by atoms with Crippen LogP contribution < -0.4 is 21.2 Å². The second kappa shape index (κ2) is 13.8. The topological polar surface area (TPSA) is 81.7 Å². The van der Waals surface area contributed by atoms with E-state index in [1.54, 1.807) is 13.8 Å². The second-order valence-electron chi connectivity index (χ2n) is 9.16. The molecule has 0 aliphatic heterocycles. The zero-order valence-corrected chi connectivity index (χ0v) is 23.3. The Balaban J connectivity index is 2.52. The lowest BCUT2D eigenvalue weighted by Gasteiger charge is -2.32. The van der Waals surface area contributed by atoms with Crippen LogP contribution in [0.5, 0.6) is 0 Å². The van der Waals surface area contributed by atoms with Crippen LogP contribution in [0.4, 0.5) is 4.79 Å². The molecule has 0 fully saturated rings. The maximum absolute atomic E-state index is 14.6. The number of benzene rings is 3. The zero-order chi connectivity index (χ0) is 27.5. The molecule has 200 valence electrons. The minimum absolute atomic E-state index is 0.0467. The van der Waals surface area contributed by atoms with Gasteiger partial charge in [-0.2, -0.15) is 0 Å². The Morgan fingerprint density at radius 3 is 1.50 bits per heavy atom. The van der Waals surface area contributed by atoms with E-state index in [0.29, 0.717) is 6.42 Å². The molecule has 0 spiro atoms. The number of carbonyl (C=O) groups excluding carboxylic acids is 3. The normalized spacial score (nSPS) is 11.9. The molecule has 0 saturated carbocycles. The molecule has 0 heterocycles. The Hall–Kier alpha value is -3.63. The first-order valence-electron chi connectivity index (χ1n) is 12.9. The van der Waals surface area contributed by atoms with E-state index in [-0.39, 0.29) is 24.4 Å². The molecule has 1 N–H and O–H groups in total. The number of ketones is 1. The number of rotatable bonds is 11. The summed E-state index contributed by atoms with van der Waals surface area (Å²) < 4.78 is 10.7. The highest BCUT2D eigenvalue weighted by molar-refractivity contribution is 7.97. The van der Waals surface area contributed by atoms with Crippen LogP contribution in [-0.4, -0.2) is 42.4 Å². The van der Waals surface area contributed by atoms with Gasteiger partial charge in [-0.3, -0.25) is 4.79 Å². The van der Waals surface area contributed by atoms with Crippen molar-refractivity contribution < 1.29 is 23.9 Å². The van der Waals surface area contributed by atoms with Crippen molar-refractivity contribution in [2.24, 2.45) is 5.92 Å². The first-order chi connectivity index (χ1) is 18.4. The van der Waals surface area contributed by atoms with Crippen molar-refractivity contribution >= 4 is 45.9 Å². The highest BCUT2D eigenvalue weighted by Gasteiger charge is 2.40. The summed E-state index contributed by atoms with van der Waals surface area (Å²) in [6.07, 6.45) is -0.364. The smallest absolute Gasteiger partial charge is 0.407 e. The lowest BCUT2D eigenvalue weighted by atomic mass is 9.98. The average molecular weight is 534 g/mol. The summed E-state index contributed by atoms with van der Waals surface area (Å²) in [7, 11) is 0. The van der Waals surface area contributed by atoms with Gasteiger partial charge in [-0.25, -0.2) is 9.59 Å². The molecular weight excluding hydrogens is 497 g/mol. The molecule has 1 unspecified atom stereocenters. The molecule has 0 bridgehead atoms. The van der Waals surface area contributed by atoms with E-state index >= 15 is 0 Å². The molecule has 1 atom stereocenters.